The van der Waals surface area contributed by atoms with Crippen molar-refractivity contribution < 1.29 is 17.8 Å². The van der Waals surface area contributed by atoms with E-state index in [1.165, 1.54) is 12.3 Å². The maximum atomic E-state index is 13.7. The van der Waals surface area contributed by atoms with Crippen molar-refractivity contribution in [2.75, 3.05) is 12.9 Å². The van der Waals surface area contributed by atoms with Gasteiger partial charge in [-0.15, -0.1) is 0 Å². The summed E-state index contributed by atoms with van der Waals surface area (Å²) in [5, 5.41) is 0. The molecule has 0 aromatic carbocycles. The number of rotatable bonds is 6. The van der Waals surface area contributed by atoms with Gasteiger partial charge in [-0.1, -0.05) is 0 Å². The Labute approximate surface area is 114 Å². The second-order valence-corrected chi connectivity index (χ2v) is 5.53. The Balaban J connectivity index is 3.35. The molecule has 0 aliphatic carbocycles. The fourth-order valence-corrected chi connectivity index (χ4v) is 2.60. The summed E-state index contributed by atoms with van der Waals surface area (Å²) in [6.45, 7) is -1.11. The Kier molecular flexibility index (Phi) is 5.48. The summed E-state index contributed by atoms with van der Waals surface area (Å²) in [7, 11) is -1.62. The number of hydrogen-bond donors (Lipinski definition) is 1. The third-order valence-corrected chi connectivity index (χ3v) is 3.38. The van der Waals surface area contributed by atoms with Gasteiger partial charge in [-0.2, -0.15) is 0 Å². The predicted octanol–water partition coefficient (Wildman–Crippen LogP) is 1.62. The molecule has 1 unspecified atom stereocenters. The highest BCUT2D eigenvalue weighted by atomic mass is 79.9. The van der Waals surface area contributed by atoms with Crippen molar-refractivity contribution in [2.45, 2.75) is 12.0 Å². The molecule has 18 heavy (non-hydrogen) atoms. The molecule has 0 saturated heterocycles. The zero-order chi connectivity index (χ0) is 13.8. The second kappa shape index (κ2) is 6.44. The molecule has 1 rings (SSSR count). The van der Waals surface area contributed by atoms with E-state index in [4.69, 9.17) is 0 Å². The molecule has 0 saturated carbocycles. The topological polar surface area (TPSA) is 59.1 Å². The van der Waals surface area contributed by atoms with Gasteiger partial charge < -0.3 is 4.79 Å². The maximum absolute atomic E-state index is 13.7. The van der Waals surface area contributed by atoms with Gasteiger partial charge >= 0.3 is 0 Å². The molecule has 1 heterocycles. The van der Waals surface area contributed by atoms with Gasteiger partial charge in [0.15, 0.2) is 0 Å². The van der Waals surface area contributed by atoms with Crippen LogP contribution >= 0.6 is 15.9 Å². The third kappa shape index (κ3) is 3.39. The van der Waals surface area contributed by atoms with Crippen LogP contribution in [0.15, 0.2) is 16.7 Å². The largest absolute Gasteiger partial charge is 0.303 e. The van der Waals surface area contributed by atoms with Crippen LogP contribution in [-0.4, -0.2) is 28.4 Å². The Hall–Kier alpha value is -0.730. The molecule has 4 nitrogen and oxygen atoms in total. The van der Waals surface area contributed by atoms with Crippen LogP contribution in [0.3, 0.4) is 0 Å². The lowest BCUT2D eigenvalue weighted by molar-refractivity contribution is -0.109. The summed E-state index contributed by atoms with van der Waals surface area (Å²) >= 11 is 3.04. The highest BCUT2D eigenvalue weighted by molar-refractivity contribution is 9.10. The zero-order valence-corrected chi connectivity index (χ0v) is 11.9. The van der Waals surface area contributed by atoms with Crippen LogP contribution in [0.4, 0.5) is 8.78 Å². The number of aromatic nitrogens is 1. The fourth-order valence-electron chi connectivity index (χ4n) is 1.50. The Morgan fingerprint density at radius 3 is 2.78 bits per heavy atom. The number of alkyl halides is 1. The van der Waals surface area contributed by atoms with Gasteiger partial charge in [0.25, 0.3) is 0 Å². The lowest BCUT2D eigenvalue weighted by atomic mass is 9.93. The van der Waals surface area contributed by atoms with E-state index in [0.29, 0.717) is 10.9 Å². The van der Waals surface area contributed by atoms with Crippen molar-refractivity contribution in [3.05, 3.63) is 28.2 Å². The van der Waals surface area contributed by atoms with Gasteiger partial charge in [0.2, 0.25) is 0 Å². The molecule has 0 bridgehead atoms. The summed E-state index contributed by atoms with van der Waals surface area (Å²) in [4.78, 5) is 14.5. The van der Waals surface area contributed by atoms with Crippen molar-refractivity contribution in [3.8, 4) is 0 Å². The highest BCUT2D eigenvalue weighted by Gasteiger charge is 2.37. The first-order valence-corrected chi connectivity index (χ1v) is 7.23. The quantitative estimate of drug-likeness (QED) is 0.632. The average molecular weight is 341 g/mol. The lowest BCUT2D eigenvalue weighted by Crippen LogP contribution is -2.47. The molecule has 0 aliphatic rings. The van der Waals surface area contributed by atoms with E-state index in [-0.39, 0.29) is 12.1 Å². The molecule has 0 fully saturated rings. The van der Waals surface area contributed by atoms with E-state index in [2.05, 4.69) is 25.6 Å². The molecular formula is C10H11BrF2N2O2S. The van der Waals surface area contributed by atoms with Gasteiger partial charge in [-0.25, -0.2) is 22.7 Å². The summed E-state index contributed by atoms with van der Waals surface area (Å²) in [6, 6.07) is 2.45. The van der Waals surface area contributed by atoms with Gasteiger partial charge in [-0.05, 0) is 28.1 Å². The molecule has 1 aromatic rings. The van der Waals surface area contributed by atoms with E-state index < -0.39 is 29.0 Å². The van der Waals surface area contributed by atoms with Gasteiger partial charge in [0.1, 0.15) is 34.6 Å². The van der Waals surface area contributed by atoms with Gasteiger partial charge in [-0.3, -0.25) is 0 Å². The molecule has 0 radical (unpaired) electrons. The molecular weight excluding hydrogens is 330 g/mol. The number of carbonyl (C=O) groups excluding carboxylic acids is 1. The Morgan fingerprint density at radius 1 is 1.61 bits per heavy atom. The predicted molar refractivity (Wildman–Crippen MR) is 67.4 cm³/mol. The van der Waals surface area contributed by atoms with E-state index in [1.807, 2.05) is 0 Å². The van der Waals surface area contributed by atoms with Crippen LogP contribution in [0.2, 0.25) is 0 Å². The number of carbonyl (C=O) groups is 1. The number of aldehydes is 1. The van der Waals surface area contributed by atoms with Crippen molar-refractivity contribution in [2.24, 2.45) is 0 Å². The summed E-state index contributed by atoms with van der Waals surface area (Å²) in [5.41, 5.74) is -1.99. The van der Waals surface area contributed by atoms with Crippen molar-refractivity contribution in [1.82, 2.24) is 9.71 Å². The summed E-state index contributed by atoms with van der Waals surface area (Å²) in [5.74, 6) is -0.768. The zero-order valence-electron chi connectivity index (χ0n) is 9.45. The molecule has 8 heteroatoms. The monoisotopic (exact) mass is 340 g/mol. The summed E-state index contributed by atoms with van der Waals surface area (Å²) in [6.07, 6.45) is 1.33. The minimum Gasteiger partial charge on any atom is -0.303 e. The first kappa shape index (κ1) is 15.3. The third-order valence-electron chi connectivity index (χ3n) is 2.26. The lowest BCUT2D eigenvalue weighted by Gasteiger charge is -2.28. The van der Waals surface area contributed by atoms with Crippen molar-refractivity contribution >= 4 is 33.2 Å². The van der Waals surface area contributed by atoms with E-state index in [0.717, 1.165) is 6.07 Å². The van der Waals surface area contributed by atoms with Gasteiger partial charge in [0, 0.05) is 12.7 Å². The second-order valence-electron chi connectivity index (χ2n) is 3.61. The summed E-state index contributed by atoms with van der Waals surface area (Å²) < 4.78 is 40.9. The van der Waals surface area contributed by atoms with Crippen molar-refractivity contribution in [3.63, 3.8) is 0 Å². The molecule has 2 atom stereocenters. The van der Waals surface area contributed by atoms with Crippen LogP contribution in [0.1, 0.15) is 12.1 Å². The smallest absolute Gasteiger partial charge is 0.146 e. The number of nitrogens with zero attached hydrogens (tertiary/aromatic N) is 1. The molecule has 1 aromatic heterocycles. The molecule has 1 N–H and O–H groups in total. The number of pyridine rings is 1. The molecule has 0 spiro atoms. The minimum absolute atomic E-state index is 0.276. The molecule has 0 amide bonds. The van der Waals surface area contributed by atoms with Crippen LogP contribution < -0.4 is 4.72 Å². The van der Waals surface area contributed by atoms with Crippen LogP contribution in [-0.2, 0) is 21.3 Å². The van der Waals surface area contributed by atoms with Crippen LogP contribution in [0.25, 0.3) is 0 Å². The first-order valence-electron chi connectivity index (χ1n) is 4.88. The van der Waals surface area contributed by atoms with E-state index in [1.54, 1.807) is 0 Å². The van der Waals surface area contributed by atoms with E-state index in [9.17, 15) is 17.8 Å². The van der Waals surface area contributed by atoms with Crippen LogP contribution in [0, 0.1) is 5.82 Å². The van der Waals surface area contributed by atoms with E-state index >= 15 is 0 Å². The van der Waals surface area contributed by atoms with Crippen molar-refractivity contribution in [1.29, 1.82) is 0 Å². The Bertz CT molecular complexity index is 475. The average Bonchev–Trinajstić information content (AvgIpc) is 2.31. The van der Waals surface area contributed by atoms with Gasteiger partial charge in [0.05, 0.1) is 11.0 Å². The number of halogens is 3. The Morgan fingerprint density at radius 2 is 2.28 bits per heavy atom. The molecule has 100 valence electrons. The first-order chi connectivity index (χ1) is 8.45. The number of hydrogen-bond acceptors (Lipinski definition) is 3. The highest BCUT2D eigenvalue weighted by Crippen LogP contribution is 2.27. The normalized spacial score (nSPS) is 16.0. The standard InChI is InChI=1S/C10H11BrF2N2O2S/c1-18(17)15-10(6-12,4-5-16)9-7(13)2-3-8(11)14-9/h2-3,5,15H,4,6H2,1H3/t10-,18?/m1/s1. The fraction of sp³-hybridized carbons (Fsp3) is 0.400. The number of nitrogens with one attached hydrogen (secondary N) is 1. The molecule has 0 aliphatic heterocycles. The maximum Gasteiger partial charge on any atom is 0.146 e. The minimum atomic E-state index is -1.71. The SMILES string of the molecule is CS(=O)N[C@@](CF)(CC=O)c1nc(Br)ccc1F. The van der Waals surface area contributed by atoms with Crippen LogP contribution in [0.5, 0.6) is 0 Å².